The Hall–Kier alpha value is -6.20. The number of pyridine rings is 1. The molecule has 0 N–H and O–H groups in total. The fourth-order valence-corrected chi connectivity index (χ4v) is 6.24. The minimum absolute atomic E-state index is 0.646. The van der Waals surface area contributed by atoms with Gasteiger partial charge in [-0.25, -0.2) is 19.9 Å². The monoisotopic (exact) mass is 575 g/mol. The zero-order valence-corrected chi connectivity index (χ0v) is 24.2. The van der Waals surface area contributed by atoms with Gasteiger partial charge >= 0.3 is 0 Å². The number of imidazole rings is 1. The molecule has 9 aromatic rings. The lowest BCUT2D eigenvalue weighted by Crippen LogP contribution is -2.00. The van der Waals surface area contributed by atoms with E-state index >= 15 is 0 Å². The van der Waals surface area contributed by atoms with Gasteiger partial charge in [0, 0.05) is 27.5 Å². The molecule has 5 heteroatoms. The van der Waals surface area contributed by atoms with Gasteiger partial charge in [0.1, 0.15) is 5.65 Å². The molecule has 45 heavy (non-hydrogen) atoms. The number of hydrogen-bond donors (Lipinski definition) is 0. The molecule has 0 unspecified atom stereocenters. The van der Waals surface area contributed by atoms with Crippen molar-refractivity contribution < 1.29 is 0 Å². The average molecular weight is 576 g/mol. The Bertz CT molecular complexity index is 2460. The third-order valence-electron chi connectivity index (χ3n) is 8.43. The standard InChI is InChI=1S/C40H25N5/c1-3-11-27(12-4-1)37-42-38(28-13-5-2-6-14-28)44-39(43-37)29-21-19-26(20-22-29)30-23-24-35-33(25-30)31-15-7-8-16-32(31)40-41-34-17-9-10-18-36(34)45(35)40/h1-25H. The molecule has 0 radical (unpaired) electrons. The van der Waals surface area contributed by atoms with Crippen molar-refractivity contribution in [3.8, 4) is 45.3 Å². The summed E-state index contributed by atoms with van der Waals surface area (Å²) in [4.78, 5) is 19.6. The van der Waals surface area contributed by atoms with Crippen molar-refractivity contribution in [1.29, 1.82) is 0 Å². The van der Waals surface area contributed by atoms with Gasteiger partial charge in [-0.2, -0.15) is 0 Å². The van der Waals surface area contributed by atoms with E-state index in [1.54, 1.807) is 0 Å². The van der Waals surface area contributed by atoms with Gasteiger partial charge in [-0.1, -0.05) is 127 Å². The van der Waals surface area contributed by atoms with Crippen LogP contribution in [0.4, 0.5) is 0 Å². The summed E-state index contributed by atoms with van der Waals surface area (Å²) >= 11 is 0. The van der Waals surface area contributed by atoms with Crippen molar-refractivity contribution in [3.63, 3.8) is 0 Å². The molecule has 6 aromatic carbocycles. The number of benzene rings is 6. The topological polar surface area (TPSA) is 56.0 Å². The summed E-state index contributed by atoms with van der Waals surface area (Å²) in [6.45, 7) is 0. The van der Waals surface area contributed by atoms with Gasteiger partial charge in [0.05, 0.1) is 16.6 Å². The highest BCUT2D eigenvalue weighted by Crippen LogP contribution is 2.35. The maximum absolute atomic E-state index is 5.01. The van der Waals surface area contributed by atoms with Crippen LogP contribution >= 0.6 is 0 Å². The molecule has 0 saturated heterocycles. The van der Waals surface area contributed by atoms with Crippen LogP contribution in [0.3, 0.4) is 0 Å². The molecular weight excluding hydrogens is 550 g/mol. The summed E-state index contributed by atoms with van der Waals surface area (Å²) in [5.41, 5.74) is 9.36. The van der Waals surface area contributed by atoms with E-state index in [0.29, 0.717) is 17.5 Å². The molecule has 0 spiro atoms. The molecule has 9 rings (SSSR count). The van der Waals surface area contributed by atoms with Gasteiger partial charge in [-0.3, -0.25) is 4.40 Å². The molecule has 0 aliphatic rings. The predicted molar refractivity (Wildman–Crippen MR) is 183 cm³/mol. The van der Waals surface area contributed by atoms with Crippen LogP contribution in [-0.2, 0) is 0 Å². The van der Waals surface area contributed by atoms with Gasteiger partial charge < -0.3 is 0 Å². The van der Waals surface area contributed by atoms with E-state index in [0.717, 1.165) is 55.4 Å². The first-order valence-corrected chi connectivity index (χ1v) is 15.0. The smallest absolute Gasteiger partial charge is 0.164 e. The van der Waals surface area contributed by atoms with Gasteiger partial charge in [0.2, 0.25) is 0 Å². The highest BCUT2D eigenvalue weighted by Gasteiger charge is 2.15. The predicted octanol–water partition coefficient (Wildman–Crippen LogP) is 9.65. The second kappa shape index (κ2) is 10.2. The van der Waals surface area contributed by atoms with E-state index < -0.39 is 0 Å². The van der Waals surface area contributed by atoms with Crippen LogP contribution < -0.4 is 0 Å². The average Bonchev–Trinajstić information content (AvgIpc) is 3.52. The Morgan fingerprint density at radius 3 is 1.51 bits per heavy atom. The molecular formula is C40H25N5. The highest BCUT2D eigenvalue weighted by atomic mass is 15.0. The molecule has 0 fully saturated rings. The number of para-hydroxylation sites is 2. The maximum atomic E-state index is 5.01. The molecule has 0 bridgehead atoms. The van der Waals surface area contributed by atoms with Crippen LogP contribution in [0.15, 0.2) is 152 Å². The normalized spacial score (nSPS) is 11.6. The summed E-state index contributed by atoms with van der Waals surface area (Å²) in [6.07, 6.45) is 0. The van der Waals surface area contributed by atoms with Crippen LogP contribution in [0.5, 0.6) is 0 Å². The third-order valence-corrected chi connectivity index (χ3v) is 8.43. The largest absolute Gasteiger partial charge is 0.292 e. The quantitative estimate of drug-likeness (QED) is 0.196. The third kappa shape index (κ3) is 4.25. The van der Waals surface area contributed by atoms with E-state index in [-0.39, 0.29) is 0 Å². The Kier molecular flexibility index (Phi) is 5.74. The highest BCUT2D eigenvalue weighted by molar-refractivity contribution is 6.14. The first-order valence-electron chi connectivity index (χ1n) is 15.0. The van der Waals surface area contributed by atoms with E-state index in [1.807, 2.05) is 66.7 Å². The molecule has 0 saturated carbocycles. The molecule has 0 aliphatic carbocycles. The minimum Gasteiger partial charge on any atom is -0.292 e. The Morgan fingerprint density at radius 2 is 0.844 bits per heavy atom. The van der Waals surface area contributed by atoms with Crippen LogP contribution in [-0.4, -0.2) is 24.3 Å². The van der Waals surface area contributed by atoms with Crippen molar-refractivity contribution in [3.05, 3.63) is 152 Å². The Morgan fingerprint density at radius 1 is 0.333 bits per heavy atom. The number of aromatic nitrogens is 5. The van der Waals surface area contributed by atoms with Crippen molar-refractivity contribution in [2.45, 2.75) is 0 Å². The van der Waals surface area contributed by atoms with Crippen molar-refractivity contribution in [2.24, 2.45) is 0 Å². The molecule has 0 amide bonds. The number of rotatable bonds is 4. The number of nitrogens with zero attached hydrogens (tertiary/aromatic N) is 5. The fraction of sp³-hybridized carbons (Fsp3) is 0. The Balaban J connectivity index is 1.17. The van der Waals surface area contributed by atoms with E-state index in [1.165, 1.54) is 10.8 Å². The van der Waals surface area contributed by atoms with E-state index in [9.17, 15) is 0 Å². The fourth-order valence-electron chi connectivity index (χ4n) is 6.24. The zero-order chi connectivity index (χ0) is 29.7. The molecule has 210 valence electrons. The molecule has 3 aromatic heterocycles. The van der Waals surface area contributed by atoms with Crippen LogP contribution in [0, 0.1) is 0 Å². The van der Waals surface area contributed by atoms with Crippen molar-refractivity contribution >= 4 is 38.4 Å². The lowest BCUT2D eigenvalue weighted by atomic mass is 9.99. The van der Waals surface area contributed by atoms with Gasteiger partial charge in [-0.05, 0) is 40.8 Å². The lowest BCUT2D eigenvalue weighted by molar-refractivity contribution is 1.07. The van der Waals surface area contributed by atoms with Gasteiger partial charge in [-0.15, -0.1) is 0 Å². The second-order valence-electron chi connectivity index (χ2n) is 11.2. The molecule has 5 nitrogen and oxygen atoms in total. The van der Waals surface area contributed by atoms with E-state index in [4.69, 9.17) is 19.9 Å². The summed E-state index contributed by atoms with van der Waals surface area (Å²) in [5.74, 6) is 1.96. The van der Waals surface area contributed by atoms with Crippen LogP contribution in [0.2, 0.25) is 0 Å². The van der Waals surface area contributed by atoms with Crippen LogP contribution in [0.25, 0.3) is 83.6 Å². The first-order chi connectivity index (χ1) is 22.3. The first kappa shape index (κ1) is 25.3. The van der Waals surface area contributed by atoms with Crippen molar-refractivity contribution in [1.82, 2.24) is 24.3 Å². The van der Waals surface area contributed by atoms with Gasteiger partial charge in [0.15, 0.2) is 17.5 Å². The van der Waals surface area contributed by atoms with Crippen molar-refractivity contribution in [2.75, 3.05) is 0 Å². The Labute approximate surface area is 259 Å². The number of fused-ring (bicyclic) bond motifs is 8. The lowest BCUT2D eigenvalue weighted by Gasteiger charge is -2.12. The summed E-state index contributed by atoms with van der Waals surface area (Å²) in [7, 11) is 0. The molecule has 0 aliphatic heterocycles. The summed E-state index contributed by atoms with van der Waals surface area (Å²) in [5, 5.41) is 3.54. The molecule has 3 heterocycles. The molecule has 0 atom stereocenters. The zero-order valence-electron chi connectivity index (χ0n) is 24.2. The van der Waals surface area contributed by atoms with Crippen LogP contribution in [0.1, 0.15) is 0 Å². The second-order valence-corrected chi connectivity index (χ2v) is 11.2. The van der Waals surface area contributed by atoms with Gasteiger partial charge in [0.25, 0.3) is 0 Å². The summed E-state index contributed by atoms with van der Waals surface area (Å²) in [6, 6.07) is 52.2. The van der Waals surface area contributed by atoms with E-state index in [2.05, 4.69) is 89.3 Å². The maximum Gasteiger partial charge on any atom is 0.164 e. The minimum atomic E-state index is 0.646. The SMILES string of the molecule is c1ccc(-c2nc(-c3ccccc3)nc(-c3ccc(-c4ccc5c(c4)c4ccccc4c4nc6ccccc6n54)cc3)n2)cc1. The summed E-state index contributed by atoms with van der Waals surface area (Å²) < 4.78 is 2.29. The number of hydrogen-bond acceptors (Lipinski definition) is 4.